The van der Waals surface area contributed by atoms with Crippen LogP contribution in [0.2, 0.25) is 0 Å². The monoisotopic (exact) mass is 268 g/mol. The normalized spacial score (nSPS) is 11.4. The van der Waals surface area contributed by atoms with Gasteiger partial charge < -0.3 is 4.74 Å². The van der Waals surface area contributed by atoms with E-state index in [-0.39, 0.29) is 5.13 Å². The molecule has 17 heavy (non-hydrogen) atoms. The molecule has 0 saturated heterocycles. The van der Waals surface area contributed by atoms with E-state index in [1.807, 2.05) is 13.8 Å². The van der Waals surface area contributed by atoms with E-state index in [9.17, 15) is 18.0 Å². The minimum absolute atomic E-state index is 0.242. The highest BCUT2D eigenvalue weighted by molar-refractivity contribution is 7.15. The summed E-state index contributed by atoms with van der Waals surface area (Å²) in [5.74, 6) is 0. The van der Waals surface area contributed by atoms with E-state index in [2.05, 4.69) is 15.0 Å². The van der Waals surface area contributed by atoms with Crippen LogP contribution < -0.4 is 5.32 Å². The Morgan fingerprint density at radius 2 is 2.18 bits per heavy atom. The Kier molecular flexibility index (Phi) is 4.33. The van der Waals surface area contributed by atoms with Crippen LogP contribution in [0, 0.1) is 6.92 Å². The summed E-state index contributed by atoms with van der Waals surface area (Å²) in [6.45, 7) is 2.11. The van der Waals surface area contributed by atoms with E-state index in [0.29, 0.717) is 6.42 Å². The van der Waals surface area contributed by atoms with Crippen LogP contribution >= 0.6 is 11.3 Å². The van der Waals surface area contributed by atoms with Crippen molar-refractivity contribution in [3.63, 3.8) is 0 Å². The molecule has 0 radical (unpaired) electrons. The second kappa shape index (κ2) is 5.35. The van der Waals surface area contributed by atoms with Crippen molar-refractivity contribution in [1.29, 1.82) is 0 Å². The van der Waals surface area contributed by atoms with Crippen LogP contribution in [-0.2, 0) is 11.2 Å². The molecule has 1 rings (SSSR count). The molecule has 0 aliphatic carbocycles. The number of alkyl halides is 3. The predicted molar refractivity (Wildman–Crippen MR) is 57.3 cm³/mol. The van der Waals surface area contributed by atoms with Crippen LogP contribution in [-0.4, -0.2) is 23.9 Å². The first kappa shape index (κ1) is 13.8. The highest BCUT2D eigenvalue weighted by Crippen LogP contribution is 2.22. The summed E-state index contributed by atoms with van der Waals surface area (Å²) in [7, 11) is 0. The molecule has 1 N–H and O–H groups in total. The summed E-state index contributed by atoms with van der Waals surface area (Å²) in [5, 5.41) is 2.40. The smallest absolute Gasteiger partial charge is 0.422 e. The van der Waals surface area contributed by atoms with Gasteiger partial charge in [-0.25, -0.2) is 9.78 Å². The van der Waals surface area contributed by atoms with Crippen LogP contribution in [0.5, 0.6) is 0 Å². The molecular formula is C9H11F3N2O2S. The molecule has 0 aromatic carbocycles. The van der Waals surface area contributed by atoms with Crippen molar-refractivity contribution in [2.75, 3.05) is 11.9 Å². The zero-order valence-electron chi connectivity index (χ0n) is 9.22. The second-order valence-electron chi connectivity index (χ2n) is 3.19. The van der Waals surface area contributed by atoms with E-state index in [0.717, 1.165) is 10.6 Å². The van der Waals surface area contributed by atoms with E-state index in [1.165, 1.54) is 11.3 Å². The Hall–Kier alpha value is -1.31. The fraction of sp³-hybridized carbons (Fsp3) is 0.556. The number of nitrogens with zero attached hydrogens (tertiary/aromatic N) is 1. The van der Waals surface area contributed by atoms with Gasteiger partial charge in [-0.1, -0.05) is 6.92 Å². The Morgan fingerprint density at radius 3 is 2.65 bits per heavy atom. The zero-order valence-corrected chi connectivity index (χ0v) is 10.0. The number of hydrogen-bond donors (Lipinski definition) is 1. The number of aryl methyl sites for hydroxylation is 2. The quantitative estimate of drug-likeness (QED) is 0.916. The van der Waals surface area contributed by atoms with Crippen LogP contribution in [0.3, 0.4) is 0 Å². The van der Waals surface area contributed by atoms with Crippen molar-refractivity contribution in [1.82, 2.24) is 4.98 Å². The van der Waals surface area contributed by atoms with Gasteiger partial charge in [0.05, 0.1) is 5.69 Å². The lowest BCUT2D eigenvalue weighted by Gasteiger charge is -2.07. The van der Waals surface area contributed by atoms with Crippen molar-refractivity contribution in [2.45, 2.75) is 26.4 Å². The number of hydrogen-bond acceptors (Lipinski definition) is 4. The molecule has 1 amide bonds. The molecule has 8 heteroatoms. The molecule has 96 valence electrons. The number of anilines is 1. The third kappa shape index (κ3) is 4.59. The molecule has 0 aliphatic heterocycles. The van der Waals surface area contributed by atoms with E-state index in [4.69, 9.17) is 0 Å². The molecule has 1 aromatic heterocycles. The van der Waals surface area contributed by atoms with Crippen molar-refractivity contribution >= 4 is 22.6 Å². The van der Waals surface area contributed by atoms with Crippen molar-refractivity contribution in [3.05, 3.63) is 10.6 Å². The van der Waals surface area contributed by atoms with Gasteiger partial charge in [-0.15, -0.1) is 11.3 Å². The number of halogens is 3. The van der Waals surface area contributed by atoms with E-state index in [1.54, 1.807) is 0 Å². The van der Waals surface area contributed by atoms with E-state index < -0.39 is 18.9 Å². The highest BCUT2D eigenvalue weighted by atomic mass is 32.1. The minimum atomic E-state index is -4.52. The molecule has 0 unspecified atom stereocenters. The maximum atomic E-state index is 11.8. The van der Waals surface area contributed by atoms with Crippen molar-refractivity contribution in [3.8, 4) is 0 Å². The molecule has 1 aromatic rings. The van der Waals surface area contributed by atoms with Crippen LogP contribution in [0.25, 0.3) is 0 Å². The molecule has 1 heterocycles. The summed E-state index contributed by atoms with van der Waals surface area (Å²) in [4.78, 5) is 16.0. The maximum absolute atomic E-state index is 11.8. The van der Waals surface area contributed by atoms with Crippen LogP contribution in [0.1, 0.15) is 17.5 Å². The first-order valence-electron chi connectivity index (χ1n) is 4.78. The number of ether oxygens (including phenoxy) is 1. The predicted octanol–water partition coefficient (Wildman–Crippen LogP) is 3.12. The van der Waals surface area contributed by atoms with Crippen LogP contribution in [0.4, 0.5) is 23.1 Å². The number of amides is 1. The zero-order chi connectivity index (χ0) is 13.1. The number of nitrogens with one attached hydrogen (secondary N) is 1. The first-order chi connectivity index (χ1) is 7.81. The molecule has 0 bridgehead atoms. The number of aromatic nitrogens is 1. The molecule has 0 aliphatic rings. The summed E-state index contributed by atoms with van der Waals surface area (Å²) < 4.78 is 39.3. The van der Waals surface area contributed by atoms with Gasteiger partial charge in [0.25, 0.3) is 0 Å². The van der Waals surface area contributed by atoms with Gasteiger partial charge in [-0.05, 0) is 13.3 Å². The number of rotatable bonds is 3. The van der Waals surface area contributed by atoms with Gasteiger partial charge in [-0.2, -0.15) is 13.2 Å². The standard InChI is InChI=1S/C9H11F3N2O2S/c1-3-6-5(2)17-7(13-6)14-8(15)16-4-9(10,11)12/h3-4H2,1-2H3,(H,13,14,15). The van der Waals surface area contributed by atoms with Gasteiger partial charge in [0.1, 0.15) is 0 Å². The fourth-order valence-corrected chi connectivity index (χ4v) is 1.97. The highest BCUT2D eigenvalue weighted by Gasteiger charge is 2.29. The maximum Gasteiger partial charge on any atom is 0.422 e. The lowest BCUT2D eigenvalue weighted by Crippen LogP contribution is -2.23. The van der Waals surface area contributed by atoms with Gasteiger partial charge in [-0.3, -0.25) is 5.32 Å². The lowest BCUT2D eigenvalue weighted by atomic mass is 10.3. The van der Waals surface area contributed by atoms with Gasteiger partial charge in [0, 0.05) is 4.88 Å². The summed E-state index contributed by atoms with van der Waals surface area (Å²) in [6, 6.07) is 0. The summed E-state index contributed by atoms with van der Waals surface area (Å²) >= 11 is 1.20. The number of carbonyl (C=O) groups excluding carboxylic acids is 1. The Labute approximate surface area is 99.8 Å². The van der Waals surface area contributed by atoms with Gasteiger partial charge >= 0.3 is 12.3 Å². The Balaban J connectivity index is 2.50. The molecule has 0 fully saturated rings. The molecule has 4 nitrogen and oxygen atoms in total. The molecule has 0 spiro atoms. The van der Waals surface area contributed by atoms with Crippen molar-refractivity contribution < 1.29 is 22.7 Å². The van der Waals surface area contributed by atoms with Gasteiger partial charge in [0.15, 0.2) is 11.7 Å². The Bertz CT molecular complexity index is 403. The van der Waals surface area contributed by atoms with Crippen molar-refractivity contribution in [2.24, 2.45) is 0 Å². The largest absolute Gasteiger partial charge is 0.440 e. The third-order valence-corrected chi connectivity index (χ3v) is 2.73. The molecule has 0 atom stereocenters. The SMILES string of the molecule is CCc1nc(NC(=O)OCC(F)(F)F)sc1C. The average Bonchev–Trinajstić information content (AvgIpc) is 2.55. The summed E-state index contributed by atoms with van der Waals surface area (Å²) in [5.41, 5.74) is 0.807. The number of thiazole rings is 1. The van der Waals surface area contributed by atoms with E-state index >= 15 is 0 Å². The van der Waals surface area contributed by atoms with Gasteiger partial charge in [0.2, 0.25) is 0 Å². The number of carbonyl (C=O) groups is 1. The lowest BCUT2D eigenvalue weighted by molar-refractivity contribution is -0.159. The second-order valence-corrected chi connectivity index (χ2v) is 4.39. The topological polar surface area (TPSA) is 51.2 Å². The molecular weight excluding hydrogens is 257 g/mol. The first-order valence-corrected chi connectivity index (χ1v) is 5.60. The summed E-state index contributed by atoms with van der Waals surface area (Å²) in [6.07, 6.45) is -4.98. The minimum Gasteiger partial charge on any atom is -0.440 e. The average molecular weight is 268 g/mol. The third-order valence-electron chi connectivity index (χ3n) is 1.80. The van der Waals surface area contributed by atoms with Crippen LogP contribution in [0.15, 0.2) is 0 Å². The Morgan fingerprint density at radius 1 is 1.53 bits per heavy atom. The molecule has 0 saturated carbocycles. The fourth-order valence-electron chi connectivity index (χ4n) is 1.08.